The molecule has 0 unspecified atom stereocenters. The minimum Gasteiger partial charge on any atom is -0.322 e. The number of sulfonamides is 1. The van der Waals surface area contributed by atoms with Crippen molar-refractivity contribution in [2.75, 3.05) is 19.5 Å². The molecule has 0 aromatic heterocycles. The van der Waals surface area contributed by atoms with Gasteiger partial charge in [-0.25, -0.2) is 17.2 Å². The summed E-state index contributed by atoms with van der Waals surface area (Å²) in [6, 6.07) is 7.63. The first-order valence-electron chi connectivity index (χ1n) is 6.64. The Kier molecular flexibility index (Phi) is 5.27. The highest BCUT2D eigenvalue weighted by Gasteiger charge is 2.21. The Bertz CT molecular complexity index is 834. The number of hydrogen-bond donors (Lipinski definition) is 1. The molecule has 0 fully saturated rings. The largest absolute Gasteiger partial charge is 0.322 e. The van der Waals surface area contributed by atoms with Crippen molar-refractivity contribution in [3.63, 3.8) is 0 Å². The van der Waals surface area contributed by atoms with Crippen LogP contribution in [0.5, 0.6) is 0 Å². The van der Waals surface area contributed by atoms with Crippen LogP contribution >= 0.6 is 0 Å². The van der Waals surface area contributed by atoms with Crippen LogP contribution in [-0.2, 0) is 14.9 Å². The molecule has 128 valence electrons. The van der Waals surface area contributed by atoms with E-state index >= 15 is 0 Å². The Balaban J connectivity index is 2.20. The maximum absolute atomic E-state index is 13.1. The van der Waals surface area contributed by atoms with Gasteiger partial charge in [-0.1, -0.05) is 4.47 Å². The second-order valence-corrected chi connectivity index (χ2v) is 6.67. The number of carbonyl (C=O) groups is 1. The van der Waals surface area contributed by atoms with Crippen LogP contribution in [-0.4, -0.2) is 33.0 Å². The van der Waals surface area contributed by atoms with Crippen LogP contribution in [0.3, 0.4) is 0 Å². The van der Waals surface area contributed by atoms with Crippen LogP contribution in [0.2, 0.25) is 0 Å². The molecule has 0 heterocycles. The van der Waals surface area contributed by atoms with Gasteiger partial charge in [0.1, 0.15) is 11.6 Å². The molecule has 0 aliphatic rings. The summed E-state index contributed by atoms with van der Waals surface area (Å²) < 4.78 is 50.9. The minimum absolute atomic E-state index is 0.0479. The van der Waals surface area contributed by atoms with Crippen molar-refractivity contribution in [1.29, 1.82) is 0 Å². The van der Waals surface area contributed by atoms with Crippen LogP contribution in [0, 0.1) is 11.6 Å². The highest BCUT2D eigenvalue weighted by atomic mass is 32.2. The highest BCUT2D eigenvalue weighted by Crippen LogP contribution is 2.17. The average Bonchev–Trinajstić information content (AvgIpc) is 2.53. The summed E-state index contributed by atoms with van der Waals surface area (Å²) in [5.41, 5.74) is 0.0759. The van der Waals surface area contributed by atoms with Gasteiger partial charge in [0, 0.05) is 24.4 Å². The zero-order valence-corrected chi connectivity index (χ0v) is 13.6. The van der Waals surface area contributed by atoms with Crippen molar-refractivity contribution in [3.8, 4) is 0 Å². The highest BCUT2D eigenvalue weighted by molar-refractivity contribution is 7.89. The Morgan fingerprint density at radius 2 is 1.62 bits per heavy atom. The molecule has 2 rings (SSSR count). The third-order valence-electron chi connectivity index (χ3n) is 3.13. The molecule has 0 spiro atoms. The van der Waals surface area contributed by atoms with E-state index in [1.165, 1.54) is 38.4 Å². The summed E-state index contributed by atoms with van der Waals surface area (Å²) in [6.07, 6.45) is 0. The molecule has 6 nitrogen and oxygen atoms in total. The fraction of sp³-hybridized carbons (Fsp3) is 0.133. The fourth-order valence-corrected chi connectivity index (χ4v) is 2.83. The monoisotopic (exact) mass is 356 g/mol. The number of hydroxylamine groups is 1. The van der Waals surface area contributed by atoms with E-state index in [0.29, 0.717) is 10.5 Å². The zero-order valence-electron chi connectivity index (χ0n) is 12.8. The lowest BCUT2D eigenvalue weighted by Gasteiger charge is -2.14. The Labute approximate surface area is 137 Å². The van der Waals surface area contributed by atoms with Gasteiger partial charge in [-0.3, -0.25) is 9.63 Å². The number of nitrogens with one attached hydrogen (secondary N) is 1. The zero-order chi connectivity index (χ0) is 17.9. The first kappa shape index (κ1) is 18.0. The molecule has 1 N–H and O–H groups in total. The lowest BCUT2D eigenvalue weighted by molar-refractivity contribution is -0.0258. The third-order valence-corrected chi connectivity index (χ3v) is 4.82. The van der Waals surface area contributed by atoms with E-state index in [0.717, 1.165) is 12.1 Å². The van der Waals surface area contributed by atoms with Gasteiger partial charge < -0.3 is 5.32 Å². The summed E-state index contributed by atoms with van der Waals surface area (Å²) in [7, 11) is -1.38. The number of carbonyl (C=O) groups excluding carboxylic acids is 1. The molecule has 0 saturated carbocycles. The molecule has 2 aromatic rings. The molecule has 1 amide bonds. The van der Waals surface area contributed by atoms with E-state index in [-0.39, 0.29) is 16.1 Å². The molecule has 24 heavy (non-hydrogen) atoms. The molecule has 2 aromatic carbocycles. The van der Waals surface area contributed by atoms with E-state index < -0.39 is 27.6 Å². The van der Waals surface area contributed by atoms with Gasteiger partial charge in [-0.15, -0.1) is 0 Å². The van der Waals surface area contributed by atoms with Gasteiger partial charge >= 0.3 is 0 Å². The number of anilines is 1. The topological polar surface area (TPSA) is 75.7 Å². The van der Waals surface area contributed by atoms with Crippen molar-refractivity contribution in [3.05, 3.63) is 59.7 Å². The molecule has 0 aliphatic heterocycles. The van der Waals surface area contributed by atoms with Crippen molar-refractivity contribution in [1.82, 2.24) is 4.47 Å². The summed E-state index contributed by atoms with van der Waals surface area (Å²) in [4.78, 5) is 16.6. The third kappa shape index (κ3) is 3.94. The van der Waals surface area contributed by atoms with E-state index in [1.54, 1.807) is 0 Å². The van der Waals surface area contributed by atoms with Crippen molar-refractivity contribution in [2.45, 2.75) is 4.90 Å². The molecular formula is C15H14F2N2O4S. The van der Waals surface area contributed by atoms with Crippen molar-refractivity contribution >= 4 is 21.6 Å². The summed E-state index contributed by atoms with van der Waals surface area (Å²) in [5.74, 6) is -2.28. The fourth-order valence-electron chi connectivity index (χ4n) is 1.85. The molecule has 0 aliphatic carbocycles. The van der Waals surface area contributed by atoms with Crippen LogP contribution in [0.15, 0.2) is 47.4 Å². The van der Waals surface area contributed by atoms with Gasteiger partial charge in [-0.2, -0.15) is 0 Å². The molecule has 9 heteroatoms. The van der Waals surface area contributed by atoms with Gasteiger partial charge in [0.25, 0.3) is 15.9 Å². The predicted molar refractivity (Wildman–Crippen MR) is 82.7 cm³/mol. The number of halogens is 2. The van der Waals surface area contributed by atoms with Crippen LogP contribution in [0.1, 0.15) is 10.4 Å². The maximum atomic E-state index is 13.1. The van der Waals surface area contributed by atoms with Crippen LogP contribution in [0.4, 0.5) is 14.5 Å². The molecular weight excluding hydrogens is 342 g/mol. The quantitative estimate of drug-likeness (QED) is 0.835. The SMILES string of the molecule is CON(C)S(=O)(=O)c1ccc(C(=O)Nc2cc(F)cc(F)c2)cc1. The lowest BCUT2D eigenvalue weighted by Crippen LogP contribution is -2.25. The number of amides is 1. The number of benzene rings is 2. The van der Waals surface area contributed by atoms with Gasteiger partial charge in [-0.05, 0) is 36.4 Å². The first-order chi connectivity index (χ1) is 11.2. The Morgan fingerprint density at radius 3 is 2.12 bits per heavy atom. The van der Waals surface area contributed by atoms with E-state index in [2.05, 4.69) is 10.2 Å². The summed E-state index contributed by atoms with van der Waals surface area (Å²) in [5, 5.41) is 2.33. The standard InChI is InChI=1S/C15H14F2N2O4S/c1-19(23-2)24(21,22)14-5-3-10(4-6-14)15(20)18-13-8-11(16)7-12(17)9-13/h3-9H,1-2H3,(H,18,20). The second kappa shape index (κ2) is 7.04. The molecule has 0 atom stereocenters. The molecule has 0 bridgehead atoms. The van der Waals surface area contributed by atoms with E-state index in [4.69, 9.17) is 0 Å². The molecule has 0 radical (unpaired) electrons. The van der Waals surface area contributed by atoms with E-state index in [1.807, 2.05) is 0 Å². The van der Waals surface area contributed by atoms with Crippen molar-refractivity contribution < 1.29 is 26.8 Å². The Hall–Kier alpha value is -2.36. The minimum atomic E-state index is -3.82. The molecule has 0 saturated heterocycles. The predicted octanol–water partition coefficient (Wildman–Crippen LogP) is 2.40. The number of hydrogen-bond acceptors (Lipinski definition) is 4. The average molecular weight is 356 g/mol. The van der Waals surface area contributed by atoms with E-state index in [9.17, 15) is 22.0 Å². The smallest absolute Gasteiger partial charge is 0.264 e. The number of nitrogens with zero attached hydrogens (tertiary/aromatic N) is 1. The van der Waals surface area contributed by atoms with Crippen LogP contribution in [0.25, 0.3) is 0 Å². The van der Waals surface area contributed by atoms with Crippen LogP contribution < -0.4 is 5.32 Å². The Morgan fingerprint density at radius 1 is 1.08 bits per heavy atom. The second-order valence-electron chi connectivity index (χ2n) is 4.73. The van der Waals surface area contributed by atoms with Gasteiger partial charge in [0.2, 0.25) is 0 Å². The normalized spacial score (nSPS) is 11.5. The number of rotatable bonds is 5. The summed E-state index contributed by atoms with van der Waals surface area (Å²) >= 11 is 0. The van der Waals surface area contributed by atoms with Gasteiger partial charge in [0.15, 0.2) is 0 Å². The maximum Gasteiger partial charge on any atom is 0.264 e. The first-order valence-corrected chi connectivity index (χ1v) is 8.08. The van der Waals surface area contributed by atoms with Gasteiger partial charge in [0.05, 0.1) is 12.0 Å². The summed E-state index contributed by atoms with van der Waals surface area (Å²) in [6.45, 7) is 0. The lowest BCUT2D eigenvalue weighted by atomic mass is 10.2. The van der Waals surface area contributed by atoms with Crippen molar-refractivity contribution in [2.24, 2.45) is 0 Å².